The molecule has 0 spiro atoms. The molecule has 0 aliphatic carbocycles. The Morgan fingerprint density at radius 2 is 2.12 bits per heavy atom. The molecule has 94 valence electrons. The molecule has 0 saturated heterocycles. The van der Waals surface area contributed by atoms with Crippen LogP contribution in [0.1, 0.15) is 46.5 Å². The molecule has 0 N–H and O–H groups in total. The topological polar surface area (TPSA) is 53.5 Å². The number of rotatable bonds is 8. The second-order valence-corrected chi connectivity index (χ2v) is 4.61. The zero-order valence-corrected chi connectivity index (χ0v) is 11.1. The van der Waals surface area contributed by atoms with Crippen molar-refractivity contribution in [1.82, 2.24) is 0 Å². The lowest BCUT2D eigenvalue weighted by Gasteiger charge is -1.99. The molecule has 0 aromatic heterocycles. The van der Waals surface area contributed by atoms with Gasteiger partial charge in [0.05, 0.1) is 6.42 Å². The smallest absolute Gasteiger partial charge is 0.334 e. The largest absolute Gasteiger partial charge is 0.361 e. The summed E-state index contributed by atoms with van der Waals surface area (Å²) in [4.78, 5) is 14.8. The van der Waals surface area contributed by atoms with E-state index in [1.165, 1.54) is 0 Å². The number of carbonyl (C=O) groups is 1. The molecule has 3 nitrogen and oxygen atoms in total. The van der Waals surface area contributed by atoms with Gasteiger partial charge in [0.25, 0.3) is 0 Å². The lowest BCUT2D eigenvalue weighted by molar-refractivity contribution is -0.117. The lowest BCUT2D eigenvalue weighted by atomic mass is 10.0. The van der Waals surface area contributed by atoms with E-state index in [1.807, 2.05) is 20.8 Å². The summed E-state index contributed by atoms with van der Waals surface area (Å²) in [7, 11) is 0. The second-order valence-electron chi connectivity index (χ2n) is 4.61. The van der Waals surface area contributed by atoms with Gasteiger partial charge in [0.15, 0.2) is 0 Å². The third kappa shape index (κ3) is 7.42. The minimum absolute atomic E-state index is 0.0501. The average molecular weight is 234 g/mol. The Balaban J connectivity index is 4.09. The third-order valence-corrected chi connectivity index (χ3v) is 2.44. The summed E-state index contributed by atoms with van der Waals surface area (Å²) in [6, 6.07) is 0. The van der Waals surface area contributed by atoms with Crippen molar-refractivity contribution in [1.29, 1.82) is 0 Å². The highest BCUT2D eigenvalue weighted by atomic mass is 16.1. The zero-order valence-electron chi connectivity index (χ0n) is 11.1. The first-order valence-corrected chi connectivity index (χ1v) is 6.04. The highest BCUT2D eigenvalue weighted by Gasteiger charge is 2.20. The van der Waals surface area contributed by atoms with Crippen LogP contribution in [0.25, 0.3) is 5.53 Å². The fourth-order valence-corrected chi connectivity index (χ4v) is 1.42. The number of carbonyl (C=O) groups excluding carboxylic acids is 1. The van der Waals surface area contributed by atoms with Gasteiger partial charge >= 0.3 is 5.71 Å². The van der Waals surface area contributed by atoms with Crippen molar-refractivity contribution in [3.63, 3.8) is 0 Å². The highest BCUT2D eigenvalue weighted by Crippen LogP contribution is 2.06. The van der Waals surface area contributed by atoms with Crippen LogP contribution in [0.5, 0.6) is 0 Å². The summed E-state index contributed by atoms with van der Waals surface area (Å²) in [5.41, 5.74) is 10.2. The summed E-state index contributed by atoms with van der Waals surface area (Å²) in [6.07, 6.45) is 6.45. The average Bonchev–Trinajstić information content (AvgIpc) is 2.30. The summed E-state index contributed by atoms with van der Waals surface area (Å²) >= 11 is 0. The lowest BCUT2D eigenvalue weighted by Crippen LogP contribution is -2.17. The van der Waals surface area contributed by atoms with E-state index in [-0.39, 0.29) is 5.78 Å². The number of hydrogen-bond donors (Lipinski definition) is 0. The van der Waals surface area contributed by atoms with Crippen molar-refractivity contribution < 1.29 is 9.58 Å². The van der Waals surface area contributed by atoms with Crippen molar-refractivity contribution in [3.8, 4) is 0 Å². The fraction of sp³-hybridized carbons (Fsp3) is 0.571. The predicted octanol–water partition coefficient (Wildman–Crippen LogP) is 3.58. The van der Waals surface area contributed by atoms with Crippen LogP contribution < -0.4 is 0 Å². The van der Waals surface area contributed by atoms with E-state index < -0.39 is 0 Å². The first-order chi connectivity index (χ1) is 8.01. The Labute approximate surface area is 104 Å². The van der Waals surface area contributed by atoms with Gasteiger partial charge in [-0.15, -0.1) is 0 Å². The molecule has 0 fully saturated rings. The number of ketones is 1. The molecule has 0 aromatic rings. The molecule has 0 rings (SSSR count). The van der Waals surface area contributed by atoms with E-state index in [9.17, 15) is 4.79 Å². The van der Waals surface area contributed by atoms with Gasteiger partial charge in [0, 0.05) is 6.42 Å². The van der Waals surface area contributed by atoms with E-state index in [2.05, 4.69) is 17.4 Å². The molecule has 0 heterocycles. The van der Waals surface area contributed by atoms with Crippen LogP contribution in [0.15, 0.2) is 24.3 Å². The van der Waals surface area contributed by atoms with Crippen molar-refractivity contribution in [3.05, 3.63) is 29.8 Å². The van der Waals surface area contributed by atoms with Crippen LogP contribution in [0.4, 0.5) is 0 Å². The van der Waals surface area contributed by atoms with Gasteiger partial charge < -0.3 is 5.53 Å². The van der Waals surface area contributed by atoms with Crippen molar-refractivity contribution in [2.75, 3.05) is 0 Å². The van der Waals surface area contributed by atoms with E-state index >= 15 is 0 Å². The Kier molecular flexibility index (Phi) is 7.91. The maximum absolute atomic E-state index is 11.7. The number of allylic oxidation sites excluding steroid dienone is 3. The molecule has 0 unspecified atom stereocenters. The molecule has 0 aliphatic rings. The highest BCUT2D eigenvalue weighted by molar-refractivity contribution is 6.37. The Hall–Kier alpha value is -1.47. The Morgan fingerprint density at radius 3 is 2.59 bits per heavy atom. The molecular formula is C14H22N2O. The molecule has 0 amide bonds. The van der Waals surface area contributed by atoms with Crippen LogP contribution >= 0.6 is 0 Å². The van der Waals surface area contributed by atoms with Crippen molar-refractivity contribution in [2.45, 2.75) is 46.5 Å². The number of hydrogen-bond acceptors (Lipinski definition) is 1. The second kappa shape index (κ2) is 8.66. The first-order valence-electron chi connectivity index (χ1n) is 6.04. The zero-order chi connectivity index (χ0) is 13.3. The number of Topliss-reactive ketones (excluding diaryl/α,β-unsaturated/α-hetero) is 1. The van der Waals surface area contributed by atoms with Gasteiger partial charge in [-0.05, 0) is 25.7 Å². The third-order valence-electron chi connectivity index (χ3n) is 2.44. The van der Waals surface area contributed by atoms with Gasteiger partial charge in [-0.2, -0.15) is 4.79 Å². The monoisotopic (exact) mass is 234 g/mol. The first kappa shape index (κ1) is 15.5. The minimum atomic E-state index is -0.0501. The molecule has 3 heteroatoms. The van der Waals surface area contributed by atoms with E-state index in [1.54, 1.807) is 6.08 Å². The van der Waals surface area contributed by atoms with Gasteiger partial charge in [0.2, 0.25) is 5.78 Å². The van der Waals surface area contributed by atoms with Crippen LogP contribution in [-0.2, 0) is 4.79 Å². The Morgan fingerprint density at radius 1 is 1.47 bits per heavy atom. The number of nitrogens with zero attached hydrogens (tertiary/aromatic N) is 2. The Bertz CT molecular complexity index is 347. The van der Waals surface area contributed by atoms with E-state index in [0.29, 0.717) is 24.5 Å². The minimum Gasteiger partial charge on any atom is -0.361 e. The molecule has 0 atom stereocenters. The summed E-state index contributed by atoms with van der Waals surface area (Å²) in [6.45, 7) is 9.63. The molecule has 0 aromatic carbocycles. The van der Waals surface area contributed by atoms with Crippen LogP contribution in [0, 0.1) is 5.92 Å². The molecular weight excluding hydrogens is 212 g/mol. The molecule has 0 radical (unpaired) electrons. The maximum Gasteiger partial charge on any atom is 0.334 e. The van der Waals surface area contributed by atoms with E-state index in [0.717, 1.165) is 18.4 Å². The summed E-state index contributed by atoms with van der Waals surface area (Å²) < 4.78 is 0. The molecule has 0 saturated carbocycles. The normalized spacial score (nSPS) is 11.2. The van der Waals surface area contributed by atoms with Gasteiger partial charge in [-0.3, -0.25) is 4.79 Å². The fourth-order valence-electron chi connectivity index (χ4n) is 1.42. The predicted molar refractivity (Wildman–Crippen MR) is 70.9 cm³/mol. The van der Waals surface area contributed by atoms with Crippen LogP contribution in [0.2, 0.25) is 0 Å². The standard InChI is InChI=1S/C14H22N2O/c1-5-12(4)8-6-7-9-14(17)13(16-15)10-11(2)3/h5,8,11H,1,6-7,9-10H2,2-4H3/b12-8+. The van der Waals surface area contributed by atoms with Gasteiger partial charge in [0.1, 0.15) is 0 Å². The number of unbranched alkanes of at least 4 members (excludes halogenated alkanes) is 1. The molecule has 17 heavy (non-hydrogen) atoms. The molecule has 0 aliphatic heterocycles. The van der Waals surface area contributed by atoms with Crippen LogP contribution in [0.3, 0.4) is 0 Å². The quantitative estimate of drug-likeness (QED) is 0.208. The summed E-state index contributed by atoms with van der Waals surface area (Å²) in [5, 5.41) is 0. The maximum atomic E-state index is 11.7. The van der Waals surface area contributed by atoms with Gasteiger partial charge in [-0.1, -0.05) is 38.2 Å². The van der Waals surface area contributed by atoms with Gasteiger partial charge in [-0.25, -0.2) is 0 Å². The van der Waals surface area contributed by atoms with E-state index in [4.69, 9.17) is 5.53 Å². The summed E-state index contributed by atoms with van der Waals surface area (Å²) in [5.74, 6) is 0.276. The molecule has 0 bridgehead atoms. The van der Waals surface area contributed by atoms with Crippen molar-refractivity contribution in [2.24, 2.45) is 5.92 Å². The van der Waals surface area contributed by atoms with Crippen LogP contribution in [-0.4, -0.2) is 16.3 Å². The van der Waals surface area contributed by atoms with Crippen molar-refractivity contribution >= 4 is 11.5 Å². The SMILES string of the molecule is C=C/C(C)=C/CCCC(=O)C(CC(C)C)=[N+]=[N-].